The Morgan fingerprint density at radius 3 is 1.04 bits per heavy atom. The normalized spacial score (nSPS) is 11.4. The predicted molar refractivity (Wildman–Crippen MR) is 195 cm³/mol. The molecular formula is C42H35N3Si. The second kappa shape index (κ2) is 12.5. The van der Waals surface area contributed by atoms with Crippen molar-refractivity contribution in [3.05, 3.63) is 158 Å². The van der Waals surface area contributed by atoms with Gasteiger partial charge in [0.05, 0.1) is 8.07 Å². The maximum absolute atomic E-state index is 4.91. The summed E-state index contributed by atoms with van der Waals surface area (Å²) in [5, 5.41) is 1.49. The number of nitrogens with zero attached hydrogens (tertiary/aromatic N) is 3. The summed E-state index contributed by atoms with van der Waals surface area (Å²) in [5.74, 6) is 1.98. The van der Waals surface area contributed by atoms with E-state index in [9.17, 15) is 0 Å². The van der Waals surface area contributed by atoms with Gasteiger partial charge in [-0.3, -0.25) is 0 Å². The molecule has 0 unspecified atom stereocenters. The van der Waals surface area contributed by atoms with E-state index < -0.39 is 8.07 Å². The average Bonchev–Trinajstić information content (AvgIpc) is 3.12. The lowest BCUT2D eigenvalue weighted by Crippen LogP contribution is -2.37. The number of rotatable bonds is 7. The van der Waals surface area contributed by atoms with Gasteiger partial charge in [0.15, 0.2) is 17.5 Å². The molecule has 0 radical (unpaired) electrons. The number of benzene rings is 6. The smallest absolute Gasteiger partial charge is 0.164 e. The Bertz CT molecular complexity index is 2020. The highest BCUT2D eigenvalue weighted by Crippen LogP contribution is 2.30. The number of hydrogen-bond acceptors (Lipinski definition) is 3. The summed E-state index contributed by atoms with van der Waals surface area (Å²) in [4.78, 5) is 14.7. The van der Waals surface area contributed by atoms with Crippen molar-refractivity contribution in [2.75, 3.05) is 0 Å². The van der Waals surface area contributed by atoms with Crippen molar-refractivity contribution in [2.24, 2.45) is 0 Å². The second-order valence-electron chi connectivity index (χ2n) is 12.6. The summed E-state index contributed by atoms with van der Waals surface area (Å²) in [6.07, 6.45) is 0. The van der Waals surface area contributed by atoms with Gasteiger partial charge in [0, 0.05) is 16.7 Å². The molecule has 7 aromatic rings. The zero-order chi connectivity index (χ0) is 31.5. The molecule has 222 valence electrons. The maximum Gasteiger partial charge on any atom is 0.164 e. The molecule has 46 heavy (non-hydrogen) atoms. The van der Waals surface area contributed by atoms with Crippen molar-refractivity contribution in [2.45, 2.75) is 19.6 Å². The van der Waals surface area contributed by atoms with Crippen LogP contribution in [0.15, 0.2) is 158 Å². The Labute approximate surface area is 272 Å². The zero-order valence-corrected chi connectivity index (χ0v) is 27.4. The summed E-state index contributed by atoms with van der Waals surface area (Å²) in [6.45, 7) is 7.16. The first-order chi connectivity index (χ1) is 22.4. The van der Waals surface area contributed by atoms with Crippen LogP contribution in [0.25, 0.3) is 67.5 Å². The Morgan fingerprint density at radius 2 is 0.630 bits per heavy atom. The van der Waals surface area contributed by atoms with Crippen molar-refractivity contribution >= 4 is 13.3 Å². The number of hydrogen-bond donors (Lipinski definition) is 0. The Kier molecular flexibility index (Phi) is 7.96. The molecule has 0 spiro atoms. The third-order valence-electron chi connectivity index (χ3n) is 8.34. The predicted octanol–water partition coefficient (Wildman–Crippen LogP) is 10.4. The minimum Gasteiger partial charge on any atom is -0.208 e. The van der Waals surface area contributed by atoms with Crippen LogP contribution in [-0.2, 0) is 0 Å². The minimum atomic E-state index is -1.30. The Morgan fingerprint density at radius 1 is 0.304 bits per heavy atom. The molecule has 7 rings (SSSR count). The molecule has 1 aromatic heterocycles. The summed E-state index contributed by atoms with van der Waals surface area (Å²) in [6, 6.07) is 55.4. The van der Waals surface area contributed by atoms with Crippen LogP contribution in [0.3, 0.4) is 0 Å². The van der Waals surface area contributed by atoms with Gasteiger partial charge in [0.25, 0.3) is 0 Å². The molecule has 0 aliphatic carbocycles. The molecule has 0 aliphatic heterocycles. The van der Waals surface area contributed by atoms with Crippen LogP contribution in [0, 0.1) is 0 Å². The maximum atomic E-state index is 4.91. The Balaban J connectivity index is 1.16. The molecule has 3 nitrogen and oxygen atoms in total. The van der Waals surface area contributed by atoms with E-state index in [0.717, 1.165) is 27.8 Å². The molecule has 0 aliphatic rings. The van der Waals surface area contributed by atoms with Gasteiger partial charge in [0.1, 0.15) is 0 Å². The summed E-state index contributed by atoms with van der Waals surface area (Å²) < 4.78 is 0. The summed E-state index contributed by atoms with van der Waals surface area (Å²) in [5.41, 5.74) is 10.0. The highest BCUT2D eigenvalue weighted by molar-refractivity contribution is 6.88. The zero-order valence-electron chi connectivity index (χ0n) is 26.4. The standard InChI is InChI=1S/C42H35N3Si/c1-46(2,3)39-27-25-33(26-28-39)32-19-17-30(18-20-32)31-21-23-34(24-22-31)37-15-10-16-38(29-37)42-44-40(35-11-6-4-7-12-35)43-41(45-42)36-13-8-5-9-14-36/h4-29H,1-3H3. The lowest BCUT2D eigenvalue weighted by atomic mass is 9.97. The first-order valence-corrected chi connectivity index (χ1v) is 19.2. The lowest BCUT2D eigenvalue weighted by Gasteiger charge is -2.16. The van der Waals surface area contributed by atoms with Gasteiger partial charge >= 0.3 is 0 Å². The summed E-state index contributed by atoms with van der Waals surface area (Å²) in [7, 11) is -1.30. The fraction of sp³-hybridized carbons (Fsp3) is 0.0714. The molecule has 0 bridgehead atoms. The highest BCUT2D eigenvalue weighted by atomic mass is 28.3. The molecule has 0 fully saturated rings. The third-order valence-corrected chi connectivity index (χ3v) is 10.4. The van der Waals surface area contributed by atoms with Gasteiger partial charge in [-0.05, 0) is 39.4 Å². The fourth-order valence-electron chi connectivity index (χ4n) is 5.65. The van der Waals surface area contributed by atoms with Gasteiger partial charge in [-0.25, -0.2) is 15.0 Å². The van der Waals surface area contributed by atoms with Crippen LogP contribution in [0.4, 0.5) is 0 Å². The van der Waals surface area contributed by atoms with Gasteiger partial charge in [-0.15, -0.1) is 0 Å². The lowest BCUT2D eigenvalue weighted by molar-refractivity contribution is 1.07. The van der Waals surface area contributed by atoms with E-state index in [1.54, 1.807) is 0 Å². The van der Waals surface area contributed by atoms with Gasteiger partial charge in [-0.1, -0.05) is 176 Å². The minimum absolute atomic E-state index is 0.654. The first-order valence-electron chi connectivity index (χ1n) is 15.7. The third kappa shape index (κ3) is 6.34. The average molecular weight is 610 g/mol. The van der Waals surface area contributed by atoms with Crippen LogP contribution in [-0.4, -0.2) is 23.0 Å². The second-order valence-corrected chi connectivity index (χ2v) is 17.7. The molecule has 0 N–H and O–H groups in total. The topological polar surface area (TPSA) is 38.7 Å². The van der Waals surface area contributed by atoms with E-state index in [1.807, 2.05) is 60.7 Å². The number of aromatic nitrogens is 3. The van der Waals surface area contributed by atoms with Crippen molar-refractivity contribution in [3.8, 4) is 67.5 Å². The SMILES string of the molecule is C[Si](C)(C)c1ccc(-c2ccc(-c3ccc(-c4cccc(-c5nc(-c6ccccc6)nc(-c6ccccc6)n5)c4)cc3)cc2)cc1. The fourth-order valence-corrected chi connectivity index (χ4v) is 6.82. The van der Waals surface area contributed by atoms with Crippen LogP contribution in [0.1, 0.15) is 0 Å². The molecule has 0 saturated heterocycles. The van der Waals surface area contributed by atoms with Gasteiger partial charge in [-0.2, -0.15) is 0 Å². The summed E-state index contributed by atoms with van der Waals surface area (Å²) >= 11 is 0. The molecule has 4 heteroatoms. The van der Waals surface area contributed by atoms with Gasteiger partial charge < -0.3 is 0 Å². The molecule has 0 amide bonds. The van der Waals surface area contributed by atoms with Crippen molar-refractivity contribution in [3.63, 3.8) is 0 Å². The van der Waals surface area contributed by atoms with E-state index in [2.05, 4.69) is 117 Å². The van der Waals surface area contributed by atoms with E-state index in [4.69, 9.17) is 15.0 Å². The van der Waals surface area contributed by atoms with Crippen LogP contribution in [0.5, 0.6) is 0 Å². The van der Waals surface area contributed by atoms with E-state index in [1.165, 1.54) is 27.4 Å². The van der Waals surface area contributed by atoms with Gasteiger partial charge in [0.2, 0.25) is 0 Å². The van der Waals surface area contributed by atoms with E-state index >= 15 is 0 Å². The van der Waals surface area contributed by atoms with E-state index in [0.29, 0.717) is 17.5 Å². The van der Waals surface area contributed by atoms with Crippen LogP contribution >= 0.6 is 0 Å². The monoisotopic (exact) mass is 609 g/mol. The molecule has 0 atom stereocenters. The van der Waals surface area contributed by atoms with Crippen molar-refractivity contribution in [1.29, 1.82) is 0 Å². The van der Waals surface area contributed by atoms with E-state index in [-0.39, 0.29) is 0 Å². The Hall–Kier alpha value is -5.45. The molecule has 0 saturated carbocycles. The van der Waals surface area contributed by atoms with Crippen molar-refractivity contribution < 1.29 is 0 Å². The van der Waals surface area contributed by atoms with Crippen molar-refractivity contribution in [1.82, 2.24) is 15.0 Å². The largest absolute Gasteiger partial charge is 0.208 e. The molecular weight excluding hydrogens is 575 g/mol. The van der Waals surface area contributed by atoms with Crippen LogP contribution < -0.4 is 5.19 Å². The highest BCUT2D eigenvalue weighted by Gasteiger charge is 2.16. The molecule has 1 heterocycles. The first kappa shape index (κ1) is 29.3. The molecule has 6 aromatic carbocycles. The quantitative estimate of drug-likeness (QED) is 0.169. The van der Waals surface area contributed by atoms with Crippen LogP contribution in [0.2, 0.25) is 19.6 Å².